The third-order valence-corrected chi connectivity index (χ3v) is 6.72. The van der Waals surface area contributed by atoms with E-state index in [0.29, 0.717) is 12.8 Å². The van der Waals surface area contributed by atoms with Gasteiger partial charge in [0.2, 0.25) is 5.91 Å². The second kappa shape index (κ2) is 10.2. The Hall–Kier alpha value is -1.92. The highest BCUT2D eigenvalue weighted by molar-refractivity contribution is 6.76. The zero-order valence-corrected chi connectivity index (χ0v) is 19.3. The zero-order chi connectivity index (χ0) is 21.6. The molecule has 29 heavy (non-hydrogen) atoms. The standard InChI is InChI=1S/C23H35NO4Si/c1-17(2)20-16-28-23(27)24(20)22(26)19(12-9-15-29(3,4)5)21(25)14-13-18-10-7-6-8-11-18/h6-12,17,19-21,25H,13-16H2,1-5H3/b12-9+/t19-,20+,21+/m0/s1. The molecule has 0 bridgehead atoms. The van der Waals surface area contributed by atoms with Crippen LogP contribution in [0.15, 0.2) is 42.5 Å². The van der Waals surface area contributed by atoms with Crippen molar-refractivity contribution >= 4 is 20.1 Å². The number of benzene rings is 1. The van der Waals surface area contributed by atoms with Crippen molar-refractivity contribution in [2.24, 2.45) is 11.8 Å². The summed E-state index contributed by atoms with van der Waals surface area (Å²) in [6.07, 6.45) is 3.47. The van der Waals surface area contributed by atoms with Crippen LogP contribution >= 0.6 is 0 Å². The summed E-state index contributed by atoms with van der Waals surface area (Å²) in [6.45, 7) is 10.9. The fourth-order valence-electron chi connectivity index (χ4n) is 3.42. The van der Waals surface area contributed by atoms with E-state index in [4.69, 9.17) is 4.74 Å². The number of aliphatic hydroxyl groups is 1. The second-order valence-corrected chi connectivity index (χ2v) is 14.9. The highest BCUT2D eigenvalue weighted by Gasteiger charge is 2.43. The lowest BCUT2D eigenvalue weighted by Gasteiger charge is -2.28. The number of imide groups is 1. The number of aryl methyl sites for hydroxylation is 1. The van der Waals surface area contributed by atoms with E-state index in [1.807, 2.05) is 50.3 Å². The highest BCUT2D eigenvalue weighted by Crippen LogP contribution is 2.25. The second-order valence-electron chi connectivity index (χ2n) is 9.41. The Balaban J connectivity index is 2.18. The third kappa shape index (κ3) is 6.82. The first-order valence-electron chi connectivity index (χ1n) is 10.5. The summed E-state index contributed by atoms with van der Waals surface area (Å²) >= 11 is 0. The van der Waals surface area contributed by atoms with Crippen LogP contribution in [0.2, 0.25) is 25.7 Å². The van der Waals surface area contributed by atoms with Crippen LogP contribution in [0.1, 0.15) is 25.8 Å². The number of allylic oxidation sites excluding steroid dienone is 1. The predicted octanol–water partition coefficient (Wildman–Crippen LogP) is 4.49. The molecule has 0 aromatic heterocycles. The van der Waals surface area contributed by atoms with Gasteiger partial charge >= 0.3 is 6.09 Å². The van der Waals surface area contributed by atoms with Crippen LogP contribution in [0.5, 0.6) is 0 Å². The minimum atomic E-state index is -1.33. The summed E-state index contributed by atoms with van der Waals surface area (Å²) in [7, 11) is -1.33. The molecule has 1 aliphatic rings. The Bertz CT molecular complexity index is 711. The molecule has 1 heterocycles. The summed E-state index contributed by atoms with van der Waals surface area (Å²) in [4.78, 5) is 26.8. The van der Waals surface area contributed by atoms with Crippen molar-refractivity contribution < 1.29 is 19.4 Å². The summed E-state index contributed by atoms with van der Waals surface area (Å²) in [6, 6.07) is 10.5. The number of cyclic esters (lactones) is 1. The number of hydrogen-bond donors (Lipinski definition) is 1. The Morgan fingerprint density at radius 2 is 1.93 bits per heavy atom. The fourth-order valence-corrected chi connectivity index (χ4v) is 4.27. The molecule has 0 saturated carbocycles. The molecule has 0 unspecified atom stereocenters. The number of carbonyl (C=O) groups excluding carboxylic acids is 2. The number of ether oxygens (including phenoxy) is 1. The van der Waals surface area contributed by atoms with Crippen molar-refractivity contribution in [3.63, 3.8) is 0 Å². The van der Waals surface area contributed by atoms with Gasteiger partial charge in [0.15, 0.2) is 0 Å². The molecule has 1 aromatic rings. The lowest BCUT2D eigenvalue weighted by atomic mass is 9.93. The van der Waals surface area contributed by atoms with Gasteiger partial charge in [0, 0.05) is 8.07 Å². The molecule has 1 N–H and O–H groups in total. The van der Waals surface area contributed by atoms with Gasteiger partial charge in [0.1, 0.15) is 6.61 Å². The van der Waals surface area contributed by atoms with E-state index < -0.39 is 26.2 Å². The minimum Gasteiger partial charge on any atom is -0.447 e. The maximum atomic E-state index is 13.3. The van der Waals surface area contributed by atoms with Crippen LogP contribution in [-0.4, -0.2) is 48.8 Å². The molecule has 160 valence electrons. The van der Waals surface area contributed by atoms with E-state index in [0.717, 1.165) is 11.6 Å². The SMILES string of the molecule is CC(C)[C@H]1COC(=O)N1C(=O)[C@@H](/C=C/C[Si](C)(C)C)[C@H](O)CCc1ccccc1. The number of rotatable bonds is 9. The first-order valence-corrected chi connectivity index (χ1v) is 14.2. The van der Waals surface area contributed by atoms with Gasteiger partial charge in [0.05, 0.1) is 18.1 Å². The van der Waals surface area contributed by atoms with E-state index in [-0.39, 0.29) is 24.5 Å². The van der Waals surface area contributed by atoms with Gasteiger partial charge in [-0.05, 0) is 30.4 Å². The lowest BCUT2D eigenvalue weighted by Crippen LogP contribution is -2.47. The summed E-state index contributed by atoms with van der Waals surface area (Å²) in [5, 5.41) is 10.9. The highest BCUT2D eigenvalue weighted by atomic mass is 28.3. The number of carbonyl (C=O) groups is 2. The zero-order valence-electron chi connectivity index (χ0n) is 18.3. The average molecular weight is 418 g/mol. The molecule has 2 rings (SSSR count). The van der Waals surface area contributed by atoms with Gasteiger partial charge in [-0.2, -0.15) is 0 Å². The molecular formula is C23H35NO4Si. The molecule has 1 aliphatic heterocycles. The van der Waals surface area contributed by atoms with E-state index >= 15 is 0 Å². The van der Waals surface area contributed by atoms with Crippen molar-refractivity contribution in [3.8, 4) is 0 Å². The van der Waals surface area contributed by atoms with Gasteiger partial charge in [-0.25, -0.2) is 9.69 Å². The van der Waals surface area contributed by atoms with Crippen LogP contribution in [-0.2, 0) is 16.0 Å². The molecule has 0 aliphatic carbocycles. The van der Waals surface area contributed by atoms with Crippen LogP contribution in [0.25, 0.3) is 0 Å². The van der Waals surface area contributed by atoms with Crippen LogP contribution < -0.4 is 0 Å². The van der Waals surface area contributed by atoms with E-state index in [1.54, 1.807) is 6.08 Å². The van der Waals surface area contributed by atoms with Gasteiger partial charge in [-0.15, -0.1) is 0 Å². The van der Waals surface area contributed by atoms with Crippen molar-refractivity contribution in [2.75, 3.05) is 6.61 Å². The Labute approximate surface area is 175 Å². The largest absolute Gasteiger partial charge is 0.447 e. The first kappa shape index (κ1) is 23.4. The summed E-state index contributed by atoms with van der Waals surface area (Å²) in [5.74, 6) is -1.01. The van der Waals surface area contributed by atoms with Gasteiger partial charge in [-0.1, -0.05) is 76.0 Å². The Kier molecular flexibility index (Phi) is 8.22. The number of aliphatic hydroxyl groups excluding tert-OH is 1. The maximum absolute atomic E-state index is 13.3. The summed E-state index contributed by atoms with van der Waals surface area (Å²) in [5.41, 5.74) is 1.12. The molecule has 2 amide bonds. The number of amides is 2. The quantitative estimate of drug-likeness (QED) is 0.475. The molecule has 1 fully saturated rings. The molecule has 0 spiro atoms. The topological polar surface area (TPSA) is 66.8 Å². The van der Waals surface area contributed by atoms with Gasteiger partial charge in [-0.3, -0.25) is 4.79 Å². The van der Waals surface area contributed by atoms with Crippen molar-refractivity contribution in [3.05, 3.63) is 48.0 Å². The van der Waals surface area contributed by atoms with Crippen molar-refractivity contribution in [1.82, 2.24) is 4.90 Å². The summed E-state index contributed by atoms with van der Waals surface area (Å²) < 4.78 is 5.15. The first-order chi connectivity index (χ1) is 13.6. The Morgan fingerprint density at radius 3 is 2.52 bits per heavy atom. The van der Waals surface area contributed by atoms with Gasteiger partial charge < -0.3 is 9.84 Å². The monoisotopic (exact) mass is 417 g/mol. The van der Waals surface area contributed by atoms with Crippen LogP contribution in [0.3, 0.4) is 0 Å². The van der Waals surface area contributed by atoms with Crippen LogP contribution in [0, 0.1) is 11.8 Å². The van der Waals surface area contributed by atoms with E-state index in [9.17, 15) is 14.7 Å². The lowest BCUT2D eigenvalue weighted by molar-refractivity contribution is -0.135. The van der Waals surface area contributed by atoms with E-state index in [1.165, 1.54) is 4.90 Å². The third-order valence-electron chi connectivity index (χ3n) is 5.26. The molecule has 5 nitrogen and oxygen atoms in total. The van der Waals surface area contributed by atoms with Gasteiger partial charge in [0.25, 0.3) is 0 Å². The van der Waals surface area contributed by atoms with Crippen molar-refractivity contribution in [1.29, 1.82) is 0 Å². The predicted molar refractivity (Wildman–Crippen MR) is 118 cm³/mol. The van der Waals surface area contributed by atoms with Crippen LogP contribution in [0.4, 0.5) is 4.79 Å². The number of hydrogen-bond acceptors (Lipinski definition) is 4. The number of nitrogens with zero attached hydrogens (tertiary/aromatic N) is 1. The van der Waals surface area contributed by atoms with E-state index in [2.05, 4.69) is 19.6 Å². The average Bonchev–Trinajstić information content (AvgIpc) is 3.04. The Morgan fingerprint density at radius 1 is 1.28 bits per heavy atom. The normalized spacial score (nSPS) is 19.6. The molecule has 3 atom stereocenters. The molecule has 6 heteroatoms. The molecule has 1 saturated heterocycles. The molecule has 0 radical (unpaired) electrons. The smallest absolute Gasteiger partial charge is 0.417 e. The molecule has 1 aromatic carbocycles. The minimum absolute atomic E-state index is 0.0958. The molecular weight excluding hydrogens is 382 g/mol. The maximum Gasteiger partial charge on any atom is 0.417 e. The fraction of sp³-hybridized carbons (Fsp3) is 0.565. The van der Waals surface area contributed by atoms with Crippen molar-refractivity contribution in [2.45, 2.75) is 64.5 Å².